The quantitative estimate of drug-likeness (QED) is 0.223. The minimum Gasteiger partial charge on any atom is -0.492 e. The molecule has 0 spiro atoms. The van der Waals surface area contributed by atoms with Gasteiger partial charge >= 0.3 is 6.03 Å². The van der Waals surface area contributed by atoms with Crippen LogP contribution in [0, 0.1) is 12.7 Å². The van der Waals surface area contributed by atoms with E-state index in [1.807, 2.05) is 81.5 Å². The number of carbonyl (C=O) groups is 3. The third-order valence-corrected chi connectivity index (χ3v) is 8.23. The molecule has 3 N–H and O–H groups in total. The number of carbonyl (C=O) groups excluding carboxylic acids is 3. The Labute approximate surface area is 268 Å². The van der Waals surface area contributed by atoms with Gasteiger partial charge in [-0.05, 0) is 81.0 Å². The number of benzene rings is 3. The third-order valence-electron chi connectivity index (χ3n) is 8.23. The number of nitrogens with zero attached hydrogens (tertiary/aromatic N) is 3. The fraction of sp³-hybridized carbons (Fsp3) is 0.343. The highest BCUT2D eigenvalue weighted by atomic mass is 19.1. The number of urea groups is 1. The number of aryl methyl sites for hydroxylation is 1. The Bertz CT molecular complexity index is 1740. The molecule has 2 atom stereocenters. The molecule has 46 heavy (non-hydrogen) atoms. The van der Waals surface area contributed by atoms with Gasteiger partial charge in [0.15, 0.2) is 0 Å². The van der Waals surface area contributed by atoms with Gasteiger partial charge in [-0.15, -0.1) is 0 Å². The zero-order valence-electron chi connectivity index (χ0n) is 26.9. The van der Waals surface area contributed by atoms with Crippen LogP contribution in [-0.2, 0) is 16.1 Å². The highest BCUT2D eigenvalue weighted by Crippen LogP contribution is 2.31. The number of aromatic amines is 1. The van der Waals surface area contributed by atoms with Crippen molar-refractivity contribution in [2.24, 2.45) is 0 Å². The van der Waals surface area contributed by atoms with Gasteiger partial charge in [0.2, 0.25) is 11.8 Å². The first-order valence-corrected chi connectivity index (χ1v) is 15.4. The van der Waals surface area contributed by atoms with E-state index in [2.05, 4.69) is 15.6 Å². The molecule has 1 aliphatic rings. The number of halogens is 1. The van der Waals surface area contributed by atoms with Gasteiger partial charge in [0.05, 0.1) is 12.3 Å². The zero-order chi connectivity index (χ0) is 33.0. The summed E-state index contributed by atoms with van der Waals surface area (Å²) in [7, 11) is 3.93. The Morgan fingerprint density at radius 3 is 2.59 bits per heavy atom. The fourth-order valence-electron chi connectivity index (χ4n) is 5.95. The van der Waals surface area contributed by atoms with Crippen molar-refractivity contribution in [2.75, 3.05) is 50.6 Å². The maximum absolute atomic E-state index is 14.1. The molecule has 1 saturated heterocycles. The van der Waals surface area contributed by atoms with Crippen molar-refractivity contribution >= 4 is 40.1 Å². The summed E-state index contributed by atoms with van der Waals surface area (Å²) < 4.78 is 19.5. The van der Waals surface area contributed by atoms with Crippen molar-refractivity contribution in [1.82, 2.24) is 20.1 Å². The molecule has 1 aromatic heterocycles. The molecule has 1 fully saturated rings. The molecule has 2 unspecified atom stereocenters. The molecule has 242 valence electrons. The van der Waals surface area contributed by atoms with Crippen LogP contribution in [0.2, 0.25) is 0 Å². The smallest absolute Gasteiger partial charge is 0.318 e. The van der Waals surface area contributed by atoms with Crippen molar-refractivity contribution in [3.05, 3.63) is 89.4 Å². The number of anilines is 2. The Balaban J connectivity index is 1.40. The summed E-state index contributed by atoms with van der Waals surface area (Å²) in [5.74, 6) is -1.000. The van der Waals surface area contributed by atoms with Gasteiger partial charge in [0.1, 0.15) is 24.2 Å². The van der Waals surface area contributed by atoms with Gasteiger partial charge < -0.3 is 35.1 Å². The molecule has 4 amide bonds. The van der Waals surface area contributed by atoms with Crippen LogP contribution in [0.1, 0.15) is 36.5 Å². The molecule has 3 aromatic carbocycles. The van der Waals surface area contributed by atoms with E-state index < -0.39 is 23.9 Å². The maximum Gasteiger partial charge on any atom is 0.318 e. The Kier molecular flexibility index (Phi) is 9.91. The van der Waals surface area contributed by atoms with E-state index in [0.29, 0.717) is 35.8 Å². The maximum atomic E-state index is 14.1. The second-order valence-corrected chi connectivity index (χ2v) is 11.9. The molecule has 0 aliphatic carbocycles. The first kappa shape index (κ1) is 32.5. The minimum atomic E-state index is -0.994. The topological polar surface area (TPSA) is 110 Å². The number of nitrogens with one attached hydrogen (secondary N) is 3. The average molecular weight is 629 g/mol. The molecule has 0 saturated carbocycles. The van der Waals surface area contributed by atoms with Crippen LogP contribution in [0.5, 0.6) is 5.75 Å². The molecule has 0 bridgehead atoms. The highest BCUT2D eigenvalue weighted by Gasteiger charge is 2.34. The normalized spacial score (nSPS) is 14.8. The van der Waals surface area contributed by atoms with E-state index in [-0.39, 0.29) is 31.4 Å². The number of hydrogen-bond acceptors (Lipinski definition) is 5. The van der Waals surface area contributed by atoms with Gasteiger partial charge in [-0.3, -0.25) is 9.59 Å². The number of fused-ring (bicyclic) bond motifs is 1. The molecular weight excluding hydrogens is 587 g/mol. The lowest BCUT2D eigenvalue weighted by molar-refractivity contribution is -0.120. The average Bonchev–Trinajstić information content (AvgIpc) is 3.45. The van der Waals surface area contributed by atoms with Crippen molar-refractivity contribution in [3.8, 4) is 5.75 Å². The number of piperazine rings is 1. The molecule has 2 heterocycles. The van der Waals surface area contributed by atoms with Crippen LogP contribution in [-0.4, -0.2) is 79.0 Å². The number of hydrogen-bond donors (Lipinski definition) is 3. The standard InChI is InChI=1S/C35H41FN6O4/c1-6-46-31-14-11-24(20-40(4)5)18-29(31)38-34(44)33(23(3)27-19-37-28-10-8-7-9-26(27)28)39-35(45)41-15-16-42(32(43)21-41)30-13-12-25(36)17-22(30)2/h7-14,17-19,23,33,37H,6,15-16,20-21H2,1-5H3,(H,38,44)(H,39,45). The Hall–Kier alpha value is -4.90. The Morgan fingerprint density at radius 1 is 1.09 bits per heavy atom. The van der Waals surface area contributed by atoms with E-state index in [1.165, 1.54) is 17.0 Å². The zero-order valence-corrected chi connectivity index (χ0v) is 26.9. The molecule has 11 heteroatoms. The number of para-hydroxylation sites is 1. The largest absolute Gasteiger partial charge is 0.492 e. The number of H-pyrrole nitrogens is 1. The van der Waals surface area contributed by atoms with E-state index in [1.54, 1.807) is 17.9 Å². The predicted octanol–water partition coefficient (Wildman–Crippen LogP) is 5.24. The van der Waals surface area contributed by atoms with Gasteiger partial charge in [-0.25, -0.2) is 9.18 Å². The van der Waals surface area contributed by atoms with E-state index in [4.69, 9.17) is 4.74 Å². The van der Waals surface area contributed by atoms with Gasteiger partial charge in [0, 0.05) is 48.3 Å². The van der Waals surface area contributed by atoms with Crippen LogP contribution < -0.4 is 20.3 Å². The van der Waals surface area contributed by atoms with Crippen molar-refractivity contribution in [3.63, 3.8) is 0 Å². The van der Waals surface area contributed by atoms with Crippen LogP contribution in [0.25, 0.3) is 10.9 Å². The number of rotatable bonds is 10. The van der Waals surface area contributed by atoms with E-state index >= 15 is 0 Å². The molecule has 10 nitrogen and oxygen atoms in total. The fourth-order valence-corrected chi connectivity index (χ4v) is 5.95. The van der Waals surface area contributed by atoms with E-state index in [0.717, 1.165) is 22.0 Å². The lowest BCUT2D eigenvalue weighted by Gasteiger charge is -2.36. The third kappa shape index (κ3) is 7.15. The van der Waals surface area contributed by atoms with Gasteiger partial charge in [-0.2, -0.15) is 0 Å². The lowest BCUT2D eigenvalue weighted by atomic mass is 9.92. The predicted molar refractivity (Wildman–Crippen MR) is 178 cm³/mol. The first-order valence-electron chi connectivity index (χ1n) is 15.4. The van der Waals surface area contributed by atoms with Crippen molar-refractivity contribution in [2.45, 2.75) is 39.3 Å². The summed E-state index contributed by atoms with van der Waals surface area (Å²) in [6.45, 7) is 6.90. The summed E-state index contributed by atoms with van der Waals surface area (Å²) in [4.78, 5) is 49.3. The second kappa shape index (κ2) is 14.0. The summed E-state index contributed by atoms with van der Waals surface area (Å²) in [5, 5.41) is 6.92. The summed E-state index contributed by atoms with van der Waals surface area (Å²) in [5.41, 5.74) is 4.53. The Morgan fingerprint density at radius 2 is 1.87 bits per heavy atom. The monoisotopic (exact) mass is 628 g/mol. The summed E-state index contributed by atoms with van der Waals surface area (Å²) >= 11 is 0. The van der Waals surface area contributed by atoms with Gasteiger partial charge in [-0.1, -0.05) is 31.2 Å². The minimum absolute atomic E-state index is 0.181. The molecule has 1 aliphatic heterocycles. The molecule has 5 rings (SSSR count). The van der Waals surface area contributed by atoms with Gasteiger partial charge in [0.25, 0.3) is 0 Å². The summed E-state index contributed by atoms with van der Waals surface area (Å²) in [6.07, 6.45) is 1.86. The molecular formula is C35H41FN6O4. The summed E-state index contributed by atoms with van der Waals surface area (Å²) in [6, 6.07) is 16.2. The lowest BCUT2D eigenvalue weighted by Crippen LogP contribution is -2.58. The highest BCUT2D eigenvalue weighted by molar-refractivity contribution is 6.01. The number of aromatic nitrogens is 1. The second-order valence-electron chi connectivity index (χ2n) is 11.9. The first-order chi connectivity index (χ1) is 22.0. The number of amides is 4. The van der Waals surface area contributed by atoms with E-state index in [9.17, 15) is 18.8 Å². The van der Waals surface area contributed by atoms with Crippen LogP contribution in [0.15, 0.2) is 66.9 Å². The van der Waals surface area contributed by atoms with Crippen molar-refractivity contribution in [1.29, 1.82) is 0 Å². The molecule has 0 radical (unpaired) electrons. The van der Waals surface area contributed by atoms with Crippen LogP contribution >= 0.6 is 0 Å². The number of ether oxygens (including phenoxy) is 1. The van der Waals surface area contributed by atoms with Crippen LogP contribution in [0.3, 0.4) is 0 Å². The van der Waals surface area contributed by atoms with Crippen LogP contribution in [0.4, 0.5) is 20.6 Å². The van der Waals surface area contributed by atoms with Crippen molar-refractivity contribution < 1.29 is 23.5 Å². The SMILES string of the molecule is CCOc1ccc(CN(C)C)cc1NC(=O)C(NC(=O)N1CCN(c2ccc(F)cc2C)C(=O)C1)C(C)c1c[nH]c2ccccc12. The molecule has 4 aromatic rings.